The van der Waals surface area contributed by atoms with Gasteiger partial charge in [0.2, 0.25) is 0 Å². The van der Waals surface area contributed by atoms with Crippen LogP contribution < -0.4 is 0 Å². The second-order valence-electron chi connectivity index (χ2n) is 4.43. The smallest absolute Gasteiger partial charge is 0.144 e. The van der Waals surface area contributed by atoms with E-state index in [1.54, 1.807) is 12.4 Å². The highest BCUT2D eigenvalue weighted by molar-refractivity contribution is 9.10. The Morgan fingerprint density at radius 1 is 1.44 bits per heavy atom. The van der Waals surface area contributed by atoms with E-state index in [0.717, 1.165) is 15.7 Å². The van der Waals surface area contributed by atoms with Crippen molar-refractivity contribution < 1.29 is 4.55 Å². The first-order valence-corrected chi connectivity index (χ1v) is 6.79. The first kappa shape index (κ1) is 13.7. The van der Waals surface area contributed by atoms with Gasteiger partial charge >= 0.3 is 0 Å². The number of hydrogen-bond donors (Lipinski definition) is 0. The van der Waals surface area contributed by atoms with Gasteiger partial charge in [0.25, 0.3) is 0 Å². The minimum absolute atomic E-state index is 0.333. The number of aromatic nitrogens is 1. The summed E-state index contributed by atoms with van der Waals surface area (Å²) in [4.78, 5) is 4.05. The Morgan fingerprint density at radius 2 is 2.06 bits per heavy atom. The first-order valence-electron chi connectivity index (χ1n) is 4.89. The fourth-order valence-corrected chi connectivity index (χ4v) is 1.92. The van der Waals surface area contributed by atoms with Gasteiger partial charge in [-0.25, -0.2) is 0 Å². The van der Waals surface area contributed by atoms with Gasteiger partial charge in [0.05, 0.1) is 5.71 Å². The van der Waals surface area contributed by atoms with Crippen molar-refractivity contribution in [3.05, 3.63) is 28.5 Å². The van der Waals surface area contributed by atoms with E-state index in [2.05, 4.69) is 25.3 Å². The number of nitrogens with zero attached hydrogens (tertiary/aromatic N) is 2. The second kappa shape index (κ2) is 5.29. The third-order valence-electron chi connectivity index (χ3n) is 1.87. The third-order valence-corrected chi connectivity index (χ3v) is 3.79. The van der Waals surface area contributed by atoms with Crippen LogP contribution in [-0.4, -0.2) is 20.0 Å². The molecule has 0 amide bonds. The highest BCUT2D eigenvalue weighted by Gasteiger charge is 2.26. The van der Waals surface area contributed by atoms with Crippen molar-refractivity contribution in [2.45, 2.75) is 32.4 Å². The number of rotatable bonds is 2. The van der Waals surface area contributed by atoms with E-state index < -0.39 is 11.4 Å². The third kappa shape index (κ3) is 3.88. The zero-order valence-electron chi connectivity index (χ0n) is 9.82. The minimum atomic E-state index is -1.23. The molecule has 16 heavy (non-hydrogen) atoms. The standard InChI is InChI=1S/C11H15BrN2OS/c1-8(14-16(15)11(2,3)4)9-5-10(12)7-13-6-9/h5-7H,1-4H3. The normalized spacial score (nSPS) is 15.0. The van der Waals surface area contributed by atoms with Crippen molar-refractivity contribution in [1.82, 2.24) is 4.98 Å². The van der Waals surface area contributed by atoms with Gasteiger partial charge in [-0.2, -0.15) is 0 Å². The molecule has 1 aromatic rings. The molecule has 0 saturated carbocycles. The maximum atomic E-state index is 11.8. The van der Waals surface area contributed by atoms with Gasteiger partial charge in [-0.15, -0.1) is 0 Å². The molecule has 1 aromatic heterocycles. The van der Waals surface area contributed by atoms with Gasteiger partial charge in [-0.1, -0.05) is 4.40 Å². The number of hydrogen-bond acceptors (Lipinski definition) is 3. The van der Waals surface area contributed by atoms with Gasteiger partial charge in [0.1, 0.15) is 16.1 Å². The predicted molar refractivity (Wildman–Crippen MR) is 72.0 cm³/mol. The highest BCUT2D eigenvalue weighted by atomic mass is 79.9. The zero-order valence-corrected chi connectivity index (χ0v) is 12.2. The fourth-order valence-electron chi connectivity index (χ4n) is 0.924. The molecule has 0 radical (unpaired) electrons. The zero-order chi connectivity index (χ0) is 12.3. The van der Waals surface area contributed by atoms with Crippen molar-refractivity contribution in [3.8, 4) is 0 Å². The molecule has 0 fully saturated rings. The average Bonchev–Trinajstić information content (AvgIpc) is 2.16. The van der Waals surface area contributed by atoms with Crippen LogP contribution in [0.15, 0.2) is 27.3 Å². The topological polar surface area (TPSA) is 48.3 Å². The number of halogens is 1. The van der Waals surface area contributed by atoms with Crippen molar-refractivity contribution in [2.24, 2.45) is 4.40 Å². The van der Waals surface area contributed by atoms with E-state index in [1.807, 2.05) is 33.8 Å². The van der Waals surface area contributed by atoms with E-state index >= 15 is 0 Å². The van der Waals surface area contributed by atoms with Crippen molar-refractivity contribution in [2.75, 3.05) is 0 Å². The van der Waals surface area contributed by atoms with Gasteiger partial charge in [-0.3, -0.25) is 4.98 Å². The summed E-state index contributed by atoms with van der Waals surface area (Å²) in [6.07, 6.45) is 3.42. The molecule has 1 heterocycles. The molecule has 0 bridgehead atoms. The Morgan fingerprint density at radius 3 is 2.56 bits per heavy atom. The van der Waals surface area contributed by atoms with Crippen molar-refractivity contribution in [3.63, 3.8) is 0 Å². The summed E-state index contributed by atoms with van der Waals surface area (Å²) in [7, 11) is 0. The minimum Gasteiger partial charge on any atom is -0.591 e. The molecule has 0 saturated heterocycles. The van der Waals surface area contributed by atoms with Crippen LogP contribution in [0.1, 0.15) is 33.3 Å². The molecule has 0 aromatic carbocycles. The fraction of sp³-hybridized carbons (Fsp3) is 0.455. The SMILES string of the molecule is CC(=N[S+]([O-])C(C)(C)C)c1cncc(Br)c1. The summed E-state index contributed by atoms with van der Waals surface area (Å²) >= 11 is 2.11. The summed E-state index contributed by atoms with van der Waals surface area (Å²) in [6, 6.07) is 1.91. The summed E-state index contributed by atoms with van der Waals surface area (Å²) < 4.78 is 16.6. The van der Waals surface area contributed by atoms with Crippen molar-refractivity contribution in [1.29, 1.82) is 0 Å². The maximum absolute atomic E-state index is 11.8. The van der Waals surface area contributed by atoms with E-state index in [-0.39, 0.29) is 4.75 Å². The van der Waals surface area contributed by atoms with E-state index in [0.29, 0.717) is 0 Å². The monoisotopic (exact) mass is 302 g/mol. The van der Waals surface area contributed by atoms with Crippen LogP contribution in [-0.2, 0) is 11.4 Å². The Kier molecular flexibility index (Phi) is 4.52. The Labute approximate surface area is 108 Å². The summed E-state index contributed by atoms with van der Waals surface area (Å²) in [6.45, 7) is 7.55. The predicted octanol–water partition coefficient (Wildman–Crippen LogP) is 3.12. The van der Waals surface area contributed by atoms with Crippen LogP contribution in [0.5, 0.6) is 0 Å². The van der Waals surface area contributed by atoms with E-state index in [9.17, 15) is 4.55 Å². The van der Waals surface area contributed by atoms with Crippen LogP contribution in [0.3, 0.4) is 0 Å². The second-order valence-corrected chi connectivity index (χ2v) is 7.25. The molecule has 0 aliphatic rings. The number of pyridine rings is 1. The lowest BCUT2D eigenvalue weighted by atomic mass is 10.2. The lowest BCUT2D eigenvalue weighted by Gasteiger charge is -2.18. The Balaban J connectivity index is 2.94. The Bertz CT molecular complexity index is 401. The first-order chi connectivity index (χ1) is 7.30. The van der Waals surface area contributed by atoms with Crippen molar-refractivity contribution >= 4 is 33.0 Å². The molecule has 1 unspecified atom stereocenters. The van der Waals surface area contributed by atoms with Crippen LogP contribution >= 0.6 is 15.9 Å². The molecule has 0 N–H and O–H groups in total. The summed E-state index contributed by atoms with van der Waals surface area (Å²) in [5.74, 6) is 0. The molecule has 0 aliphatic carbocycles. The molecule has 1 atom stereocenters. The maximum Gasteiger partial charge on any atom is 0.144 e. The van der Waals surface area contributed by atoms with Crippen LogP contribution in [0, 0.1) is 0 Å². The molecular weight excluding hydrogens is 288 g/mol. The molecule has 0 aliphatic heterocycles. The lowest BCUT2D eigenvalue weighted by Crippen LogP contribution is -2.26. The molecule has 0 spiro atoms. The molecule has 5 heteroatoms. The summed E-state index contributed by atoms with van der Waals surface area (Å²) in [5.41, 5.74) is 1.62. The van der Waals surface area contributed by atoms with E-state index in [4.69, 9.17) is 0 Å². The molecule has 3 nitrogen and oxygen atoms in total. The van der Waals surface area contributed by atoms with Crippen LogP contribution in [0.25, 0.3) is 0 Å². The Hall–Kier alpha value is -0.390. The molecule has 88 valence electrons. The average molecular weight is 303 g/mol. The lowest BCUT2D eigenvalue weighted by molar-refractivity contribution is 0.561. The van der Waals surface area contributed by atoms with Gasteiger partial charge in [-0.05, 0) is 49.7 Å². The van der Waals surface area contributed by atoms with Crippen LogP contribution in [0.2, 0.25) is 0 Å². The van der Waals surface area contributed by atoms with Gasteiger partial charge in [0.15, 0.2) is 0 Å². The largest absolute Gasteiger partial charge is 0.591 e. The van der Waals surface area contributed by atoms with Gasteiger partial charge < -0.3 is 4.55 Å². The summed E-state index contributed by atoms with van der Waals surface area (Å²) in [5, 5.41) is 0. The molecular formula is C11H15BrN2OS. The van der Waals surface area contributed by atoms with E-state index in [1.165, 1.54) is 0 Å². The van der Waals surface area contributed by atoms with Crippen LogP contribution in [0.4, 0.5) is 0 Å². The quantitative estimate of drug-likeness (QED) is 0.622. The molecule has 1 rings (SSSR count). The highest BCUT2D eigenvalue weighted by Crippen LogP contribution is 2.19. The van der Waals surface area contributed by atoms with Gasteiger partial charge in [0, 0.05) is 22.4 Å².